The number of benzene rings is 1. The quantitative estimate of drug-likeness (QED) is 0.649. The highest BCUT2D eigenvalue weighted by Gasteiger charge is 2.32. The Hall–Kier alpha value is -2.37. The minimum atomic E-state index is -0.650. The van der Waals surface area contributed by atoms with Crippen LogP contribution in [-0.2, 0) is 9.53 Å². The third kappa shape index (κ3) is 3.63. The molecular formula is C16H19FN2O3. The number of unbranched alkanes of at least 4 members (excludes halogenated alkanes) is 1. The van der Waals surface area contributed by atoms with E-state index in [4.69, 9.17) is 4.74 Å². The molecule has 1 aromatic rings. The molecule has 0 fully saturated rings. The number of urea groups is 1. The van der Waals surface area contributed by atoms with Gasteiger partial charge < -0.3 is 15.4 Å². The summed E-state index contributed by atoms with van der Waals surface area (Å²) < 4.78 is 18.3. The lowest BCUT2D eigenvalue weighted by Crippen LogP contribution is -2.45. The second-order valence-electron chi connectivity index (χ2n) is 5.11. The van der Waals surface area contributed by atoms with Crippen molar-refractivity contribution in [2.24, 2.45) is 0 Å². The van der Waals surface area contributed by atoms with Gasteiger partial charge in [-0.1, -0.05) is 25.5 Å². The van der Waals surface area contributed by atoms with Crippen LogP contribution in [0.4, 0.5) is 9.18 Å². The molecule has 1 aliphatic rings. The topological polar surface area (TPSA) is 67.4 Å². The van der Waals surface area contributed by atoms with Crippen LogP contribution in [0.25, 0.3) is 0 Å². The van der Waals surface area contributed by atoms with Crippen LogP contribution in [0.3, 0.4) is 0 Å². The molecule has 2 rings (SSSR count). The Morgan fingerprint density at radius 1 is 1.32 bits per heavy atom. The Morgan fingerprint density at radius 2 is 2.00 bits per heavy atom. The highest BCUT2D eigenvalue weighted by molar-refractivity contribution is 5.95. The minimum absolute atomic E-state index is 0.330. The van der Waals surface area contributed by atoms with Gasteiger partial charge in [-0.2, -0.15) is 0 Å². The SMILES string of the molecule is CCCCOC(=O)C1=C(C)NC(=O)N[C@H]1c1ccc(F)cc1. The average molecular weight is 306 g/mol. The number of nitrogens with one attached hydrogen (secondary N) is 2. The number of hydrogen-bond acceptors (Lipinski definition) is 3. The molecule has 0 saturated heterocycles. The normalized spacial score (nSPS) is 17.8. The van der Waals surface area contributed by atoms with Gasteiger partial charge in [0.1, 0.15) is 5.82 Å². The fourth-order valence-corrected chi connectivity index (χ4v) is 2.26. The number of rotatable bonds is 5. The molecule has 1 aliphatic heterocycles. The van der Waals surface area contributed by atoms with Crippen molar-refractivity contribution in [2.45, 2.75) is 32.7 Å². The molecule has 0 bridgehead atoms. The predicted octanol–water partition coefficient (Wildman–Crippen LogP) is 2.80. The lowest BCUT2D eigenvalue weighted by molar-refractivity contribution is -0.139. The first-order valence-electron chi connectivity index (χ1n) is 7.23. The Morgan fingerprint density at radius 3 is 2.64 bits per heavy atom. The monoisotopic (exact) mass is 306 g/mol. The van der Waals surface area contributed by atoms with Gasteiger partial charge in [0.15, 0.2) is 0 Å². The minimum Gasteiger partial charge on any atom is -0.462 e. The van der Waals surface area contributed by atoms with Gasteiger partial charge in [0, 0.05) is 5.70 Å². The zero-order valence-corrected chi connectivity index (χ0v) is 12.6. The molecule has 2 amide bonds. The van der Waals surface area contributed by atoms with Crippen LogP contribution in [-0.4, -0.2) is 18.6 Å². The maximum Gasteiger partial charge on any atom is 0.338 e. The van der Waals surface area contributed by atoms with E-state index in [2.05, 4.69) is 10.6 Å². The van der Waals surface area contributed by atoms with Crippen molar-refractivity contribution in [3.63, 3.8) is 0 Å². The molecule has 0 radical (unpaired) electrons. The van der Waals surface area contributed by atoms with Crippen LogP contribution in [0.15, 0.2) is 35.5 Å². The van der Waals surface area contributed by atoms with Crippen molar-refractivity contribution in [3.05, 3.63) is 46.9 Å². The first-order chi connectivity index (χ1) is 10.5. The molecule has 0 spiro atoms. The summed E-state index contributed by atoms with van der Waals surface area (Å²) in [7, 11) is 0. The summed E-state index contributed by atoms with van der Waals surface area (Å²) in [6, 6.07) is 4.61. The van der Waals surface area contributed by atoms with E-state index in [1.54, 1.807) is 6.92 Å². The average Bonchev–Trinajstić information content (AvgIpc) is 2.47. The Labute approximate surface area is 128 Å². The maximum atomic E-state index is 13.1. The first-order valence-corrected chi connectivity index (χ1v) is 7.23. The Bertz CT molecular complexity index is 596. The fourth-order valence-electron chi connectivity index (χ4n) is 2.26. The van der Waals surface area contributed by atoms with Crippen LogP contribution in [0.2, 0.25) is 0 Å². The maximum absolute atomic E-state index is 13.1. The molecule has 1 aromatic carbocycles. The molecule has 5 nitrogen and oxygen atoms in total. The number of amides is 2. The van der Waals surface area contributed by atoms with Crippen LogP contribution < -0.4 is 10.6 Å². The second kappa shape index (κ2) is 7.06. The summed E-state index contributed by atoms with van der Waals surface area (Å²) in [6.45, 7) is 3.98. The summed E-state index contributed by atoms with van der Waals surface area (Å²) in [5.41, 5.74) is 1.40. The van der Waals surface area contributed by atoms with Crippen LogP contribution >= 0.6 is 0 Å². The number of halogens is 1. The van der Waals surface area contributed by atoms with Crippen LogP contribution in [0, 0.1) is 5.82 Å². The standard InChI is InChI=1S/C16H19FN2O3/c1-3-4-9-22-15(20)13-10(2)18-16(21)19-14(13)11-5-7-12(17)8-6-11/h5-8,14H,3-4,9H2,1-2H3,(H2,18,19,21)/t14-/m0/s1. The van der Waals surface area contributed by atoms with Crippen molar-refractivity contribution in [1.82, 2.24) is 10.6 Å². The smallest absolute Gasteiger partial charge is 0.338 e. The molecule has 2 N–H and O–H groups in total. The molecule has 0 saturated carbocycles. The molecule has 1 atom stereocenters. The van der Waals surface area contributed by atoms with Crippen molar-refractivity contribution < 1.29 is 18.7 Å². The molecule has 22 heavy (non-hydrogen) atoms. The number of ether oxygens (including phenoxy) is 1. The van der Waals surface area contributed by atoms with E-state index in [0.717, 1.165) is 12.8 Å². The van der Waals surface area contributed by atoms with Crippen molar-refractivity contribution >= 4 is 12.0 Å². The third-order valence-corrected chi connectivity index (χ3v) is 3.42. The number of carbonyl (C=O) groups excluding carboxylic acids is 2. The zero-order chi connectivity index (χ0) is 16.1. The molecule has 1 heterocycles. The van der Waals surface area contributed by atoms with E-state index < -0.39 is 18.0 Å². The van der Waals surface area contributed by atoms with Gasteiger partial charge in [0.2, 0.25) is 0 Å². The lowest BCUT2D eigenvalue weighted by atomic mass is 9.95. The number of esters is 1. The van der Waals surface area contributed by atoms with Crippen molar-refractivity contribution in [2.75, 3.05) is 6.61 Å². The van der Waals surface area contributed by atoms with E-state index in [1.165, 1.54) is 24.3 Å². The summed E-state index contributed by atoms with van der Waals surface area (Å²) in [5, 5.41) is 5.24. The van der Waals surface area contributed by atoms with Crippen LogP contribution in [0.5, 0.6) is 0 Å². The van der Waals surface area contributed by atoms with Gasteiger partial charge in [0.25, 0.3) is 0 Å². The van der Waals surface area contributed by atoms with Gasteiger partial charge >= 0.3 is 12.0 Å². The molecule has 0 aliphatic carbocycles. The number of allylic oxidation sites excluding steroid dienone is 1. The van der Waals surface area contributed by atoms with Gasteiger partial charge in [-0.15, -0.1) is 0 Å². The van der Waals surface area contributed by atoms with E-state index >= 15 is 0 Å². The van der Waals surface area contributed by atoms with Gasteiger partial charge in [-0.25, -0.2) is 14.0 Å². The summed E-state index contributed by atoms with van der Waals surface area (Å²) >= 11 is 0. The van der Waals surface area contributed by atoms with Crippen molar-refractivity contribution in [3.8, 4) is 0 Å². The Kier molecular flexibility index (Phi) is 5.14. The zero-order valence-electron chi connectivity index (χ0n) is 12.6. The first kappa shape index (κ1) is 16.0. The lowest BCUT2D eigenvalue weighted by Gasteiger charge is -2.28. The number of carbonyl (C=O) groups is 2. The summed E-state index contributed by atoms with van der Waals surface area (Å²) in [5.74, 6) is -0.857. The van der Waals surface area contributed by atoms with E-state index in [-0.39, 0.29) is 5.82 Å². The van der Waals surface area contributed by atoms with Gasteiger partial charge in [-0.05, 0) is 31.0 Å². The van der Waals surface area contributed by atoms with E-state index in [1.807, 2.05) is 6.92 Å². The number of hydrogen-bond donors (Lipinski definition) is 2. The van der Waals surface area contributed by atoms with Gasteiger partial charge in [0.05, 0.1) is 18.2 Å². The predicted molar refractivity (Wildman–Crippen MR) is 79.4 cm³/mol. The fraction of sp³-hybridized carbons (Fsp3) is 0.375. The molecular weight excluding hydrogens is 287 g/mol. The summed E-state index contributed by atoms with van der Waals surface area (Å²) in [6.07, 6.45) is 1.70. The molecule has 0 unspecified atom stereocenters. The summed E-state index contributed by atoms with van der Waals surface area (Å²) in [4.78, 5) is 24.0. The molecule has 0 aromatic heterocycles. The Balaban J connectivity index is 2.28. The van der Waals surface area contributed by atoms with Crippen molar-refractivity contribution in [1.29, 1.82) is 0 Å². The molecule has 118 valence electrons. The van der Waals surface area contributed by atoms with Crippen LogP contribution in [0.1, 0.15) is 38.3 Å². The third-order valence-electron chi connectivity index (χ3n) is 3.42. The van der Waals surface area contributed by atoms with Gasteiger partial charge in [-0.3, -0.25) is 0 Å². The highest BCUT2D eigenvalue weighted by Crippen LogP contribution is 2.27. The molecule has 6 heteroatoms. The second-order valence-corrected chi connectivity index (χ2v) is 5.11. The highest BCUT2D eigenvalue weighted by atomic mass is 19.1. The van der Waals surface area contributed by atoms with E-state index in [0.29, 0.717) is 23.4 Å². The largest absolute Gasteiger partial charge is 0.462 e. The van der Waals surface area contributed by atoms with E-state index in [9.17, 15) is 14.0 Å².